The largest absolute Gasteiger partial charge is 0.352 e. The molecule has 0 heterocycles. The van der Waals surface area contributed by atoms with Crippen LogP contribution in [0.25, 0.3) is 0 Å². The molecule has 2 atom stereocenters. The lowest BCUT2D eigenvalue weighted by Crippen LogP contribution is -2.50. The number of halogens is 1. The van der Waals surface area contributed by atoms with Gasteiger partial charge in [0.05, 0.1) is 5.75 Å². The third kappa shape index (κ3) is 7.17. The summed E-state index contributed by atoms with van der Waals surface area (Å²) in [6.07, 6.45) is 0.816. The van der Waals surface area contributed by atoms with E-state index in [9.17, 15) is 14.0 Å². The molecule has 0 aliphatic carbocycles. The Kier molecular flexibility index (Phi) is 9.37. The quantitative estimate of drug-likeness (QED) is 0.594. The number of aryl methyl sites for hydroxylation is 1. The first-order valence-electron chi connectivity index (χ1n) is 10.3. The Morgan fingerprint density at radius 2 is 1.77 bits per heavy atom. The van der Waals surface area contributed by atoms with E-state index in [0.717, 1.165) is 17.7 Å². The zero-order valence-electron chi connectivity index (χ0n) is 18.2. The summed E-state index contributed by atoms with van der Waals surface area (Å²) in [6, 6.07) is 13.6. The molecule has 0 saturated carbocycles. The standard InChI is InChI=1S/C24H31FN2O2S/c1-5-18(3)26-24(29)19(4)27(14-20-10-12-22(25)13-11-20)23(28)16-30-15-21-9-7-6-8-17(21)2/h6-13,18-19H,5,14-16H2,1-4H3,(H,26,29)/t18-,19-/m0/s1. The number of amides is 2. The maximum atomic E-state index is 13.3. The predicted molar refractivity (Wildman–Crippen MR) is 122 cm³/mol. The zero-order valence-corrected chi connectivity index (χ0v) is 19.0. The molecule has 2 aromatic carbocycles. The summed E-state index contributed by atoms with van der Waals surface area (Å²) >= 11 is 1.53. The number of hydrogen-bond acceptors (Lipinski definition) is 3. The van der Waals surface area contributed by atoms with Crippen LogP contribution in [0.4, 0.5) is 4.39 Å². The average Bonchev–Trinajstić information content (AvgIpc) is 2.73. The molecule has 0 unspecified atom stereocenters. The van der Waals surface area contributed by atoms with Gasteiger partial charge in [-0.25, -0.2) is 4.39 Å². The Bertz CT molecular complexity index is 841. The smallest absolute Gasteiger partial charge is 0.242 e. The minimum absolute atomic E-state index is 0.0400. The summed E-state index contributed by atoms with van der Waals surface area (Å²) < 4.78 is 13.3. The third-order valence-corrected chi connectivity index (χ3v) is 6.15. The number of thioether (sulfide) groups is 1. The highest BCUT2D eigenvalue weighted by atomic mass is 32.2. The van der Waals surface area contributed by atoms with Crippen molar-refractivity contribution in [2.45, 2.75) is 58.5 Å². The zero-order chi connectivity index (χ0) is 22.1. The van der Waals surface area contributed by atoms with Gasteiger partial charge in [0.1, 0.15) is 11.9 Å². The van der Waals surface area contributed by atoms with Crippen molar-refractivity contribution in [3.63, 3.8) is 0 Å². The molecule has 0 spiro atoms. The van der Waals surface area contributed by atoms with Crippen LogP contribution in [0.2, 0.25) is 0 Å². The van der Waals surface area contributed by atoms with E-state index in [4.69, 9.17) is 0 Å². The van der Waals surface area contributed by atoms with Crippen molar-refractivity contribution in [3.8, 4) is 0 Å². The fourth-order valence-corrected chi connectivity index (χ4v) is 3.92. The van der Waals surface area contributed by atoms with Crippen LogP contribution >= 0.6 is 11.8 Å². The molecule has 2 amide bonds. The Morgan fingerprint density at radius 1 is 1.10 bits per heavy atom. The average molecular weight is 431 g/mol. The Morgan fingerprint density at radius 3 is 2.40 bits per heavy atom. The second kappa shape index (κ2) is 11.7. The van der Waals surface area contributed by atoms with E-state index < -0.39 is 6.04 Å². The fraction of sp³-hybridized carbons (Fsp3) is 0.417. The van der Waals surface area contributed by atoms with E-state index in [1.54, 1.807) is 24.0 Å². The Labute approximate surface area is 183 Å². The van der Waals surface area contributed by atoms with E-state index >= 15 is 0 Å². The van der Waals surface area contributed by atoms with Gasteiger partial charge in [0, 0.05) is 18.3 Å². The molecule has 0 aliphatic heterocycles. The van der Waals surface area contributed by atoms with Crippen molar-refractivity contribution < 1.29 is 14.0 Å². The second-order valence-electron chi connectivity index (χ2n) is 7.56. The van der Waals surface area contributed by atoms with Gasteiger partial charge in [0.15, 0.2) is 0 Å². The van der Waals surface area contributed by atoms with Crippen molar-refractivity contribution in [2.75, 3.05) is 5.75 Å². The predicted octanol–water partition coefficient (Wildman–Crippen LogP) is 4.70. The van der Waals surface area contributed by atoms with Crippen molar-refractivity contribution in [2.24, 2.45) is 0 Å². The van der Waals surface area contributed by atoms with E-state index in [1.807, 2.05) is 26.0 Å². The van der Waals surface area contributed by atoms with Gasteiger partial charge in [-0.1, -0.05) is 43.3 Å². The van der Waals surface area contributed by atoms with Gasteiger partial charge in [-0.2, -0.15) is 0 Å². The van der Waals surface area contributed by atoms with Crippen LogP contribution in [0, 0.1) is 12.7 Å². The Balaban J connectivity index is 2.08. The number of benzene rings is 2. The summed E-state index contributed by atoms with van der Waals surface area (Å²) in [5.41, 5.74) is 3.18. The molecule has 0 saturated heterocycles. The maximum Gasteiger partial charge on any atom is 0.242 e. The maximum absolute atomic E-state index is 13.3. The Hall–Kier alpha value is -2.34. The molecule has 0 bridgehead atoms. The normalized spacial score (nSPS) is 12.8. The van der Waals surface area contributed by atoms with Gasteiger partial charge < -0.3 is 10.2 Å². The molecule has 6 heteroatoms. The molecular formula is C24H31FN2O2S. The monoisotopic (exact) mass is 430 g/mol. The summed E-state index contributed by atoms with van der Waals surface area (Å²) in [7, 11) is 0. The van der Waals surface area contributed by atoms with Gasteiger partial charge in [-0.05, 0) is 56.0 Å². The highest BCUT2D eigenvalue weighted by Gasteiger charge is 2.26. The van der Waals surface area contributed by atoms with Crippen LogP contribution in [-0.4, -0.2) is 34.6 Å². The molecule has 0 aromatic heterocycles. The van der Waals surface area contributed by atoms with Crippen LogP contribution in [0.15, 0.2) is 48.5 Å². The summed E-state index contributed by atoms with van der Waals surface area (Å²) in [5, 5.41) is 2.95. The van der Waals surface area contributed by atoms with Crippen molar-refractivity contribution in [1.29, 1.82) is 0 Å². The molecular weight excluding hydrogens is 399 g/mol. The highest BCUT2D eigenvalue weighted by molar-refractivity contribution is 7.99. The van der Waals surface area contributed by atoms with E-state index in [2.05, 4.69) is 24.4 Å². The van der Waals surface area contributed by atoms with Crippen molar-refractivity contribution in [1.82, 2.24) is 10.2 Å². The van der Waals surface area contributed by atoms with Gasteiger partial charge in [0.2, 0.25) is 11.8 Å². The second-order valence-corrected chi connectivity index (χ2v) is 8.55. The van der Waals surface area contributed by atoms with Gasteiger partial charge >= 0.3 is 0 Å². The number of carbonyl (C=O) groups excluding carboxylic acids is 2. The summed E-state index contributed by atoms with van der Waals surface area (Å²) in [4.78, 5) is 27.3. The molecule has 4 nitrogen and oxygen atoms in total. The van der Waals surface area contributed by atoms with Crippen molar-refractivity contribution >= 4 is 23.6 Å². The first-order valence-corrected chi connectivity index (χ1v) is 11.4. The molecule has 162 valence electrons. The molecule has 0 radical (unpaired) electrons. The number of carbonyl (C=O) groups is 2. The topological polar surface area (TPSA) is 49.4 Å². The van der Waals surface area contributed by atoms with Crippen LogP contribution in [-0.2, 0) is 21.9 Å². The van der Waals surface area contributed by atoms with Crippen molar-refractivity contribution in [3.05, 3.63) is 71.0 Å². The molecule has 2 aromatic rings. The van der Waals surface area contributed by atoms with E-state index in [0.29, 0.717) is 0 Å². The molecule has 0 fully saturated rings. The summed E-state index contributed by atoms with van der Waals surface area (Å²) in [5.74, 6) is 0.397. The summed E-state index contributed by atoms with van der Waals surface area (Å²) in [6.45, 7) is 8.00. The first-order chi connectivity index (χ1) is 14.3. The fourth-order valence-electron chi connectivity index (χ4n) is 2.94. The number of nitrogens with zero attached hydrogens (tertiary/aromatic N) is 1. The SMILES string of the molecule is CC[C@H](C)NC(=O)[C@H](C)N(Cc1ccc(F)cc1)C(=O)CSCc1ccccc1C. The minimum Gasteiger partial charge on any atom is -0.352 e. The minimum atomic E-state index is -0.615. The van der Waals surface area contributed by atoms with Gasteiger partial charge in [-0.15, -0.1) is 11.8 Å². The molecule has 2 rings (SSSR count). The first kappa shape index (κ1) is 23.9. The van der Waals surface area contributed by atoms with Crippen LogP contribution in [0.5, 0.6) is 0 Å². The lowest BCUT2D eigenvalue weighted by Gasteiger charge is -2.29. The van der Waals surface area contributed by atoms with Crippen LogP contribution in [0.1, 0.15) is 43.9 Å². The lowest BCUT2D eigenvalue weighted by molar-refractivity contribution is -0.138. The van der Waals surface area contributed by atoms with E-state index in [-0.39, 0.29) is 36.0 Å². The highest BCUT2D eigenvalue weighted by Crippen LogP contribution is 2.18. The van der Waals surface area contributed by atoms with Gasteiger partial charge in [-0.3, -0.25) is 9.59 Å². The number of nitrogens with one attached hydrogen (secondary N) is 1. The third-order valence-electron chi connectivity index (χ3n) is 5.18. The molecule has 30 heavy (non-hydrogen) atoms. The van der Waals surface area contributed by atoms with E-state index in [1.165, 1.54) is 35.0 Å². The number of hydrogen-bond donors (Lipinski definition) is 1. The molecule has 0 aliphatic rings. The van der Waals surface area contributed by atoms with Crippen LogP contribution < -0.4 is 5.32 Å². The van der Waals surface area contributed by atoms with Crippen LogP contribution in [0.3, 0.4) is 0 Å². The molecule has 1 N–H and O–H groups in total. The lowest BCUT2D eigenvalue weighted by atomic mass is 10.1. The number of rotatable bonds is 10. The van der Waals surface area contributed by atoms with Gasteiger partial charge in [0.25, 0.3) is 0 Å².